The largest absolute Gasteiger partial charge is 0.444 e. The van der Waals surface area contributed by atoms with Crippen LogP contribution in [0.2, 0.25) is 0 Å². The lowest BCUT2D eigenvalue weighted by molar-refractivity contribution is -0.151. The maximum absolute atomic E-state index is 13.3. The molecule has 1 amide bonds. The molecule has 2 aromatic carbocycles. The smallest absolute Gasteiger partial charge is 0.331 e. The predicted octanol–water partition coefficient (Wildman–Crippen LogP) is 4.57. The molecule has 4 rings (SSSR count). The second-order valence-corrected chi connectivity index (χ2v) is 8.71. The molecule has 0 saturated heterocycles. The molecule has 0 spiro atoms. The summed E-state index contributed by atoms with van der Waals surface area (Å²) in [6.07, 6.45) is 3.62. The summed E-state index contributed by atoms with van der Waals surface area (Å²) in [6, 6.07) is 13.8. The fourth-order valence-electron chi connectivity index (χ4n) is 3.69. The minimum Gasteiger partial charge on any atom is -0.444 e. The molecular formula is C27H28FN3O3. The zero-order valence-electron chi connectivity index (χ0n) is 19.5. The summed E-state index contributed by atoms with van der Waals surface area (Å²) in [7, 11) is 0. The molecule has 0 aliphatic heterocycles. The van der Waals surface area contributed by atoms with Crippen LogP contribution in [0.15, 0.2) is 54.6 Å². The van der Waals surface area contributed by atoms with E-state index >= 15 is 0 Å². The number of aryl methyl sites for hydroxylation is 2. The van der Waals surface area contributed by atoms with Gasteiger partial charge in [-0.15, -0.1) is 0 Å². The van der Waals surface area contributed by atoms with E-state index in [0.29, 0.717) is 12.1 Å². The van der Waals surface area contributed by atoms with Crippen LogP contribution in [0.3, 0.4) is 0 Å². The third-order valence-corrected chi connectivity index (χ3v) is 5.85. The van der Waals surface area contributed by atoms with E-state index in [1.54, 1.807) is 6.08 Å². The molecule has 34 heavy (non-hydrogen) atoms. The molecule has 0 bridgehead atoms. The maximum atomic E-state index is 13.3. The highest BCUT2D eigenvalue weighted by Crippen LogP contribution is 2.24. The fraction of sp³-hybridized carbons (Fsp3) is 0.296. The number of carbonyl (C=O) groups excluding carboxylic acids is 2. The number of carbonyl (C=O) groups is 2. The third-order valence-electron chi connectivity index (χ3n) is 5.85. The first kappa shape index (κ1) is 23.4. The van der Waals surface area contributed by atoms with Crippen molar-refractivity contribution in [2.75, 3.05) is 0 Å². The topological polar surface area (TPSA) is 73.2 Å². The summed E-state index contributed by atoms with van der Waals surface area (Å²) >= 11 is 0. The first-order valence-electron chi connectivity index (χ1n) is 11.3. The van der Waals surface area contributed by atoms with Crippen LogP contribution < -0.4 is 5.32 Å². The Bertz CT molecular complexity index is 1210. The van der Waals surface area contributed by atoms with E-state index in [0.717, 1.165) is 35.4 Å². The van der Waals surface area contributed by atoms with Crippen LogP contribution in [0.1, 0.15) is 52.6 Å². The highest BCUT2D eigenvalue weighted by Gasteiger charge is 2.30. The number of benzene rings is 2. The van der Waals surface area contributed by atoms with E-state index in [4.69, 9.17) is 4.74 Å². The summed E-state index contributed by atoms with van der Waals surface area (Å²) in [5.74, 6) is -1.50. The number of halogens is 1. The molecule has 176 valence electrons. The minimum absolute atomic E-state index is 0.106. The molecule has 1 heterocycles. The van der Waals surface area contributed by atoms with Crippen LogP contribution in [0, 0.1) is 26.6 Å². The van der Waals surface area contributed by atoms with Gasteiger partial charge in [-0.25, -0.2) is 9.18 Å². The van der Waals surface area contributed by atoms with Gasteiger partial charge in [0.1, 0.15) is 5.82 Å². The lowest BCUT2D eigenvalue weighted by atomic mass is 10.1. The van der Waals surface area contributed by atoms with Crippen molar-refractivity contribution in [3.05, 3.63) is 94.1 Å². The molecule has 1 aliphatic carbocycles. The van der Waals surface area contributed by atoms with Gasteiger partial charge in [-0.05, 0) is 57.4 Å². The second-order valence-electron chi connectivity index (χ2n) is 8.71. The van der Waals surface area contributed by atoms with Crippen LogP contribution in [-0.4, -0.2) is 27.7 Å². The third kappa shape index (κ3) is 5.78. The van der Waals surface area contributed by atoms with Crippen molar-refractivity contribution in [1.29, 1.82) is 0 Å². The maximum Gasteiger partial charge on any atom is 0.331 e. The summed E-state index contributed by atoms with van der Waals surface area (Å²) in [6.45, 7) is 6.50. The first-order valence-corrected chi connectivity index (χ1v) is 11.3. The molecule has 3 aromatic rings. The van der Waals surface area contributed by atoms with E-state index in [-0.39, 0.29) is 6.04 Å². The van der Waals surface area contributed by atoms with Gasteiger partial charge in [0.25, 0.3) is 5.91 Å². The average Bonchev–Trinajstić information content (AvgIpc) is 3.58. The van der Waals surface area contributed by atoms with E-state index in [2.05, 4.69) is 34.7 Å². The van der Waals surface area contributed by atoms with Crippen molar-refractivity contribution in [3.8, 4) is 0 Å². The number of hydrogen-bond donors (Lipinski definition) is 1. The second kappa shape index (κ2) is 10.0. The van der Waals surface area contributed by atoms with Gasteiger partial charge >= 0.3 is 5.97 Å². The first-order chi connectivity index (χ1) is 16.3. The normalized spacial score (nSPS) is 14.2. The standard InChI is InChI=1S/C27H28FN3O3/c1-17-4-6-20(7-5-17)16-31-19(3)24(18(2)30-31)14-15-25(32)34-26(27(33)29-23-12-13-23)21-8-10-22(28)11-9-21/h4-11,14-15,23,26H,12-13,16H2,1-3H3,(H,29,33)/b15-14+. The van der Waals surface area contributed by atoms with Gasteiger partial charge in [-0.3, -0.25) is 9.48 Å². The van der Waals surface area contributed by atoms with Gasteiger partial charge in [0.05, 0.1) is 12.2 Å². The van der Waals surface area contributed by atoms with Crippen LogP contribution in [0.4, 0.5) is 4.39 Å². The number of aromatic nitrogens is 2. The number of nitrogens with zero attached hydrogens (tertiary/aromatic N) is 2. The Morgan fingerprint density at radius 1 is 1.12 bits per heavy atom. The molecule has 1 aliphatic rings. The van der Waals surface area contributed by atoms with Gasteiger partial charge in [-0.2, -0.15) is 5.10 Å². The number of esters is 1. The van der Waals surface area contributed by atoms with Crippen LogP contribution in [0.5, 0.6) is 0 Å². The quantitative estimate of drug-likeness (QED) is 0.394. The van der Waals surface area contributed by atoms with Gasteiger partial charge < -0.3 is 10.1 Å². The van der Waals surface area contributed by atoms with Crippen molar-refractivity contribution in [1.82, 2.24) is 15.1 Å². The Kier molecular flexibility index (Phi) is 6.91. The van der Waals surface area contributed by atoms with Crippen LogP contribution in [-0.2, 0) is 20.9 Å². The van der Waals surface area contributed by atoms with E-state index < -0.39 is 23.8 Å². The summed E-state index contributed by atoms with van der Waals surface area (Å²) < 4.78 is 20.7. The number of nitrogens with one attached hydrogen (secondary N) is 1. The molecule has 1 saturated carbocycles. The fourth-order valence-corrected chi connectivity index (χ4v) is 3.69. The zero-order valence-corrected chi connectivity index (χ0v) is 19.5. The van der Waals surface area contributed by atoms with E-state index in [1.807, 2.05) is 25.5 Å². The number of ether oxygens (including phenoxy) is 1. The lowest BCUT2D eigenvalue weighted by Gasteiger charge is -2.17. The Hall–Kier alpha value is -3.74. The molecule has 0 radical (unpaired) electrons. The zero-order chi connectivity index (χ0) is 24.2. The molecule has 1 atom stereocenters. The van der Waals surface area contributed by atoms with Crippen LogP contribution in [0.25, 0.3) is 6.08 Å². The molecule has 1 fully saturated rings. The number of hydrogen-bond acceptors (Lipinski definition) is 4. The Morgan fingerprint density at radius 3 is 2.44 bits per heavy atom. The lowest BCUT2D eigenvalue weighted by Crippen LogP contribution is -2.33. The Labute approximate surface area is 198 Å². The van der Waals surface area contributed by atoms with Crippen LogP contribution >= 0.6 is 0 Å². The van der Waals surface area contributed by atoms with Gasteiger partial charge in [0.15, 0.2) is 0 Å². The van der Waals surface area contributed by atoms with Gasteiger partial charge in [-0.1, -0.05) is 42.0 Å². The van der Waals surface area contributed by atoms with Crippen molar-refractivity contribution >= 4 is 18.0 Å². The minimum atomic E-state index is -1.15. The molecular weight excluding hydrogens is 433 g/mol. The molecule has 1 aromatic heterocycles. The van der Waals surface area contributed by atoms with Crippen molar-refractivity contribution in [3.63, 3.8) is 0 Å². The van der Waals surface area contributed by atoms with E-state index in [1.165, 1.54) is 35.9 Å². The molecule has 1 unspecified atom stereocenters. The summed E-state index contributed by atoms with van der Waals surface area (Å²) in [5.41, 5.74) is 5.28. The highest BCUT2D eigenvalue weighted by atomic mass is 19.1. The number of rotatable bonds is 8. The SMILES string of the molecule is Cc1ccc(Cn2nc(C)c(/C=C/C(=O)OC(C(=O)NC3CC3)c3ccc(F)cc3)c2C)cc1. The monoisotopic (exact) mass is 461 g/mol. The summed E-state index contributed by atoms with van der Waals surface area (Å²) in [4.78, 5) is 25.3. The van der Waals surface area contributed by atoms with Gasteiger partial charge in [0, 0.05) is 28.9 Å². The van der Waals surface area contributed by atoms with Crippen molar-refractivity contribution in [2.24, 2.45) is 0 Å². The van der Waals surface area contributed by atoms with Crippen molar-refractivity contribution < 1.29 is 18.7 Å². The summed E-state index contributed by atoms with van der Waals surface area (Å²) in [5, 5.41) is 7.45. The Morgan fingerprint density at radius 2 is 1.79 bits per heavy atom. The highest BCUT2D eigenvalue weighted by molar-refractivity contribution is 5.91. The molecule has 6 nitrogen and oxygen atoms in total. The Balaban J connectivity index is 1.48. The van der Waals surface area contributed by atoms with E-state index in [9.17, 15) is 14.0 Å². The van der Waals surface area contributed by atoms with Crippen molar-refractivity contribution in [2.45, 2.75) is 52.3 Å². The number of amides is 1. The molecule has 7 heteroatoms. The van der Waals surface area contributed by atoms with Gasteiger partial charge in [0.2, 0.25) is 6.10 Å². The predicted molar refractivity (Wildman–Crippen MR) is 127 cm³/mol. The molecule has 1 N–H and O–H groups in total. The average molecular weight is 462 g/mol.